The van der Waals surface area contributed by atoms with E-state index < -0.39 is 10.0 Å². The summed E-state index contributed by atoms with van der Waals surface area (Å²) in [7, 11) is -3.08. The molecule has 0 aliphatic carbocycles. The smallest absolute Gasteiger partial charge is 0.208 e. The highest BCUT2D eigenvalue weighted by molar-refractivity contribution is 7.88. The Kier molecular flexibility index (Phi) is 4.79. The van der Waals surface area contributed by atoms with Gasteiger partial charge in [0.15, 0.2) is 0 Å². The maximum atomic E-state index is 10.9. The molecule has 0 saturated heterocycles. The van der Waals surface area contributed by atoms with Crippen LogP contribution in [0.2, 0.25) is 0 Å². The Hall–Kier alpha value is -1.11. The highest BCUT2D eigenvalue weighted by Gasteiger charge is 2.19. The fraction of sp³-hybridized carbons (Fsp3) is 0.538. The Morgan fingerprint density at radius 3 is 2.89 bits per heavy atom. The van der Waals surface area contributed by atoms with Crippen LogP contribution in [-0.2, 0) is 10.0 Å². The molecule has 0 spiro atoms. The van der Waals surface area contributed by atoms with E-state index >= 15 is 0 Å². The van der Waals surface area contributed by atoms with E-state index in [1.54, 1.807) is 0 Å². The molecule has 6 heteroatoms. The van der Waals surface area contributed by atoms with Gasteiger partial charge in [0.25, 0.3) is 0 Å². The molecule has 1 heterocycles. The minimum absolute atomic E-state index is 0.295. The van der Waals surface area contributed by atoms with Crippen molar-refractivity contribution < 1.29 is 13.2 Å². The second kappa shape index (κ2) is 6.36. The van der Waals surface area contributed by atoms with Gasteiger partial charge in [-0.05, 0) is 19.0 Å². The van der Waals surface area contributed by atoms with E-state index in [1.165, 1.54) is 11.8 Å². The molecule has 1 atom stereocenters. The average Bonchev–Trinajstić information content (AvgIpc) is 2.37. The van der Waals surface area contributed by atoms with E-state index in [9.17, 15) is 8.42 Å². The fourth-order valence-electron chi connectivity index (χ4n) is 2.18. The summed E-state index contributed by atoms with van der Waals surface area (Å²) in [5.74, 6) is 0.945. The normalized spacial score (nSPS) is 18.7. The van der Waals surface area contributed by atoms with Gasteiger partial charge in [-0.1, -0.05) is 18.2 Å². The standard InChI is InChI=1S/C13H20N2O3S/c1-19(16,17)15-9-4-8-14-12-7-10-18-13-6-3-2-5-11(12)13/h2-3,5-6,12,14-15H,4,7-10H2,1H3. The molecule has 1 aromatic rings. The Morgan fingerprint density at radius 2 is 2.11 bits per heavy atom. The first kappa shape index (κ1) is 14.3. The first-order valence-corrected chi connectivity index (χ1v) is 8.35. The van der Waals surface area contributed by atoms with Crippen LogP contribution in [0, 0.1) is 0 Å². The summed E-state index contributed by atoms with van der Waals surface area (Å²) in [6.45, 7) is 1.97. The van der Waals surface area contributed by atoms with Crippen LogP contribution in [0.5, 0.6) is 5.75 Å². The van der Waals surface area contributed by atoms with Crippen molar-refractivity contribution in [2.75, 3.05) is 26.0 Å². The van der Waals surface area contributed by atoms with Crippen LogP contribution in [0.1, 0.15) is 24.4 Å². The second-order valence-corrected chi connectivity index (χ2v) is 6.53. The van der Waals surface area contributed by atoms with Gasteiger partial charge < -0.3 is 10.1 Å². The molecule has 0 fully saturated rings. The minimum atomic E-state index is -3.08. The van der Waals surface area contributed by atoms with Gasteiger partial charge in [0.2, 0.25) is 10.0 Å². The van der Waals surface area contributed by atoms with Crippen LogP contribution in [0.4, 0.5) is 0 Å². The predicted molar refractivity (Wildman–Crippen MR) is 74.8 cm³/mol. The molecule has 0 radical (unpaired) electrons. The number of hydrogen-bond acceptors (Lipinski definition) is 4. The van der Waals surface area contributed by atoms with E-state index in [1.807, 2.05) is 18.2 Å². The van der Waals surface area contributed by atoms with Gasteiger partial charge in [0, 0.05) is 24.6 Å². The minimum Gasteiger partial charge on any atom is -0.493 e. The van der Waals surface area contributed by atoms with Crippen LogP contribution < -0.4 is 14.8 Å². The second-order valence-electron chi connectivity index (χ2n) is 4.70. The first-order valence-electron chi connectivity index (χ1n) is 6.46. The summed E-state index contributed by atoms with van der Waals surface area (Å²) in [6.07, 6.45) is 2.89. The Labute approximate surface area is 114 Å². The lowest BCUT2D eigenvalue weighted by molar-refractivity contribution is 0.253. The van der Waals surface area contributed by atoms with Crippen molar-refractivity contribution in [3.63, 3.8) is 0 Å². The number of para-hydroxylation sites is 1. The Bertz CT molecular complexity index is 516. The van der Waals surface area contributed by atoms with Crippen molar-refractivity contribution >= 4 is 10.0 Å². The van der Waals surface area contributed by atoms with Gasteiger partial charge in [0.05, 0.1) is 12.9 Å². The van der Waals surface area contributed by atoms with Crippen molar-refractivity contribution in [3.8, 4) is 5.75 Å². The largest absolute Gasteiger partial charge is 0.493 e. The lowest BCUT2D eigenvalue weighted by atomic mass is 10.0. The first-order chi connectivity index (χ1) is 9.06. The van der Waals surface area contributed by atoms with Gasteiger partial charge in [-0.15, -0.1) is 0 Å². The average molecular weight is 284 g/mol. The van der Waals surface area contributed by atoms with Crippen LogP contribution in [0.25, 0.3) is 0 Å². The van der Waals surface area contributed by atoms with Crippen LogP contribution in [0.15, 0.2) is 24.3 Å². The SMILES string of the molecule is CS(=O)(=O)NCCCNC1CCOc2ccccc21. The van der Waals surface area contributed by atoms with E-state index in [0.717, 1.165) is 31.7 Å². The third-order valence-electron chi connectivity index (χ3n) is 3.07. The molecule has 0 amide bonds. The summed E-state index contributed by atoms with van der Waals surface area (Å²) in [6, 6.07) is 8.32. The maximum Gasteiger partial charge on any atom is 0.208 e. The molecule has 1 aromatic carbocycles. The van der Waals surface area contributed by atoms with Crippen molar-refractivity contribution in [1.29, 1.82) is 0 Å². The number of rotatable bonds is 6. The monoisotopic (exact) mass is 284 g/mol. The molecule has 0 saturated carbocycles. The van der Waals surface area contributed by atoms with E-state index in [2.05, 4.69) is 16.1 Å². The third-order valence-corrected chi connectivity index (χ3v) is 3.80. The number of fused-ring (bicyclic) bond motifs is 1. The molecule has 0 bridgehead atoms. The lowest BCUT2D eigenvalue weighted by Gasteiger charge is -2.26. The zero-order valence-corrected chi connectivity index (χ0v) is 11.9. The zero-order chi connectivity index (χ0) is 13.7. The predicted octanol–water partition coefficient (Wildman–Crippen LogP) is 1.04. The third kappa shape index (κ3) is 4.49. The quantitative estimate of drug-likeness (QED) is 0.766. The molecule has 2 N–H and O–H groups in total. The number of sulfonamides is 1. The molecule has 5 nitrogen and oxygen atoms in total. The number of benzene rings is 1. The highest BCUT2D eigenvalue weighted by atomic mass is 32.2. The number of hydrogen-bond donors (Lipinski definition) is 2. The van der Waals surface area contributed by atoms with Gasteiger partial charge in [0.1, 0.15) is 5.75 Å². The molecule has 1 aliphatic heterocycles. The number of ether oxygens (including phenoxy) is 1. The molecule has 0 aromatic heterocycles. The van der Waals surface area contributed by atoms with Crippen LogP contribution in [-0.4, -0.2) is 34.4 Å². The van der Waals surface area contributed by atoms with Gasteiger partial charge in [-0.3, -0.25) is 0 Å². The summed E-state index contributed by atoms with van der Waals surface area (Å²) in [5.41, 5.74) is 1.19. The highest BCUT2D eigenvalue weighted by Crippen LogP contribution is 2.31. The van der Waals surface area contributed by atoms with E-state index in [-0.39, 0.29) is 0 Å². The molecule has 2 rings (SSSR count). The molecular formula is C13H20N2O3S. The Balaban J connectivity index is 1.78. The van der Waals surface area contributed by atoms with E-state index in [4.69, 9.17) is 4.74 Å². The van der Waals surface area contributed by atoms with Gasteiger partial charge in [-0.25, -0.2) is 13.1 Å². The molecule has 106 valence electrons. The van der Waals surface area contributed by atoms with Crippen molar-refractivity contribution in [2.45, 2.75) is 18.9 Å². The van der Waals surface area contributed by atoms with Crippen LogP contribution >= 0.6 is 0 Å². The van der Waals surface area contributed by atoms with E-state index in [0.29, 0.717) is 12.6 Å². The van der Waals surface area contributed by atoms with Gasteiger partial charge in [-0.2, -0.15) is 0 Å². The summed E-state index contributed by atoms with van der Waals surface area (Å²) in [5, 5.41) is 3.45. The molecule has 1 aliphatic rings. The topological polar surface area (TPSA) is 67.4 Å². The van der Waals surface area contributed by atoms with Crippen LogP contribution in [0.3, 0.4) is 0 Å². The molecule has 19 heavy (non-hydrogen) atoms. The van der Waals surface area contributed by atoms with Crippen molar-refractivity contribution in [3.05, 3.63) is 29.8 Å². The van der Waals surface area contributed by atoms with Gasteiger partial charge >= 0.3 is 0 Å². The fourth-order valence-corrected chi connectivity index (χ4v) is 2.69. The summed E-state index contributed by atoms with van der Waals surface area (Å²) < 4.78 is 29.9. The Morgan fingerprint density at radius 1 is 1.32 bits per heavy atom. The zero-order valence-electron chi connectivity index (χ0n) is 11.1. The summed E-state index contributed by atoms with van der Waals surface area (Å²) >= 11 is 0. The van der Waals surface area contributed by atoms with Crippen molar-refractivity contribution in [1.82, 2.24) is 10.0 Å². The molecular weight excluding hydrogens is 264 g/mol. The number of nitrogens with one attached hydrogen (secondary N) is 2. The lowest BCUT2D eigenvalue weighted by Crippen LogP contribution is -2.30. The van der Waals surface area contributed by atoms with Crippen molar-refractivity contribution in [2.24, 2.45) is 0 Å². The summed E-state index contributed by atoms with van der Waals surface area (Å²) in [4.78, 5) is 0. The maximum absolute atomic E-state index is 10.9. The molecule has 1 unspecified atom stereocenters.